The normalized spacial score (nSPS) is 20.3. The summed E-state index contributed by atoms with van der Waals surface area (Å²) in [7, 11) is 0. The summed E-state index contributed by atoms with van der Waals surface area (Å²) in [5, 5.41) is 2.77. The Morgan fingerprint density at radius 3 is 2.56 bits per heavy atom. The number of rotatable bonds is 3. The first-order valence-electron chi connectivity index (χ1n) is 6.00. The van der Waals surface area contributed by atoms with Crippen molar-refractivity contribution in [1.82, 2.24) is 0 Å². The van der Waals surface area contributed by atoms with Crippen LogP contribution in [0.25, 0.3) is 0 Å². The number of hydrogen-bond donors (Lipinski definition) is 2. The minimum Gasteiger partial charge on any atom is -0.326 e. The molecule has 0 radical (unpaired) electrons. The summed E-state index contributed by atoms with van der Waals surface area (Å²) in [6.07, 6.45) is 0.782. The molecule has 0 spiro atoms. The molecular weight excluding hydrogens is 231 g/mol. The quantitative estimate of drug-likeness (QED) is 0.807. The molecule has 0 saturated heterocycles. The average molecular weight is 248 g/mol. The summed E-state index contributed by atoms with van der Waals surface area (Å²) >= 11 is 0. The van der Waals surface area contributed by atoms with E-state index in [1.165, 1.54) is 12.1 Å². The molecule has 0 fully saturated rings. The van der Waals surface area contributed by atoms with Crippen LogP contribution >= 0.6 is 0 Å². The van der Waals surface area contributed by atoms with Crippen molar-refractivity contribution in [2.45, 2.75) is 26.3 Å². The van der Waals surface area contributed by atoms with Crippen LogP contribution in [0.1, 0.15) is 20.3 Å². The van der Waals surface area contributed by atoms with Crippen molar-refractivity contribution in [2.75, 3.05) is 5.32 Å². The first kappa shape index (κ1) is 12.8. The van der Waals surface area contributed by atoms with Crippen molar-refractivity contribution in [1.29, 1.82) is 0 Å². The number of halogens is 1. The number of nitrogens with one attached hydrogen (secondary N) is 1. The fraction of sp³-hybridized carbons (Fsp3) is 0.357. The van der Waals surface area contributed by atoms with Crippen molar-refractivity contribution in [3.63, 3.8) is 0 Å². The highest BCUT2D eigenvalue weighted by atomic mass is 19.1. The molecule has 0 heterocycles. The molecule has 0 aliphatic heterocycles. The number of amides is 1. The van der Waals surface area contributed by atoms with Gasteiger partial charge in [-0.3, -0.25) is 4.79 Å². The summed E-state index contributed by atoms with van der Waals surface area (Å²) in [6.45, 7) is 3.83. The van der Waals surface area contributed by atoms with E-state index in [4.69, 9.17) is 5.73 Å². The highest BCUT2D eigenvalue weighted by molar-refractivity contribution is 5.94. The molecule has 1 aromatic rings. The third kappa shape index (κ3) is 2.43. The van der Waals surface area contributed by atoms with Gasteiger partial charge in [0, 0.05) is 11.7 Å². The molecule has 2 atom stereocenters. The fourth-order valence-corrected chi connectivity index (χ4v) is 2.12. The second-order valence-electron chi connectivity index (χ2n) is 4.74. The van der Waals surface area contributed by atoms with E-state index in [0.29, 0.717) is 5.69 Å². The first-order chi connectivity index (χ1) is 8.49. The van der Waals surface area contributed by atoms with Gasteiger partial charge in [-0.05, 0) is 44.5 Å². The van der Waals surface area contributed by atoms with Gasteiger partial charge in [0.05, 0.1) is 5.92 Å². The summed E-state index contributed by atoms with van der Waals surface area (Å²) in [4.78, 5) is 12.0. The van der Waals surface area contributed by atoms with Crippen LogP contribution in [-0.2, 0) is 4.79 Å². The lowest BCUT2D eigenvalue weighted by atomic mass is 9.78. The van der Waals surface area contributed by atoms with E-state index in [9.17, 15) is 9.18 Å². The smallest absolute Gasteiger partial charge is 0.231 e. The lowest BCUT2D eigenvalue weighted by Gasteiger charge is -2.32. The summed E-state index contributed by atoms with van der Waals surface area (Å²) in [5.41, 5.74) is 8.62. The van der Waals surface area contributed by atoms with Gasteiger partial charge < -0.3 is 11.1 Å². The van der Waals surface area contributed by atoms with Crippen LogP contribution in [0, 0.1) is 11.7 Å². The van der Waals surface area contributed by atoms with E-state index in [1.54, 1.807) is 12.1 Å². The highest BCUT2D eigenvalue weighted by Crippen LogP contribution is 2.32. The van der Waals surface area contributed by atoms with Crippen LogP contribution in [0.5, 0.6) is 0 Å². The molecule has 3 nitrogen and oxygen atoms in total. The Hall–Kier alpha value is -1.68. The number of carbonyl (C=O) groups is 1. The number of carbonyl (C=O) groups excluding carboxylic acids is 1. The van der Waals surface area contributed by atoms with Gasteiger partial charge in [-0.15, -0.1) is 0 Å². The monoisotopic (exact) mass is 248 g/mol. The predicted molar refractivity (Wildman–Crippen MR) is 69.5 cm³/mol. The van der Waals surface area contributed by atoms with Crippen LogP contribution < -0.4 is 11.1 Å². The van der Waals surface area contributed by atoms with E-state index in [-0.39, 0.29) is 23.7 Å². The maximum atomic E-state index is 12.7. The fourth-order valence-electron chi connectivity index (χ4n) is 2.12. The molecule has 1 aliphatic carbocycles. The zero-order valence-corrected chi connectivity index (χ0v) is 10.5. The van der Waals surface area contributed by atoms with Gasteiger partial charge in [-0.25, -0.2) is 4.39 Å². The molecule has 96 valence electrons. The van der Waals surface area contributed by atoms with Gasteiger partial charge >= 0.3 is 0 Å². The standard InChI is InChI=1S/C14H17FN2O/c1-8-12(7-13(8)16)9(2)14(18)17-11-5-3-10(15)4-6-11/h3-6,9,13H,7,16H2,1-2H3,(H,17,18)/t9-,13?/m0/s1. The Morgan fingerprint density at radius 1 is 1.44 bits per heavy atom. The molecule has 4 heteroatoms. The Labute approximate surface area is 106 Å². The van der Waals surface area contributed by atoms with Crippen molar-refractivity contribution < 1.29 is 9.18 Å². The Kier molecular flexibility index (Phi) is 3.48. The largest absolute Gasteiger partial charge is 0.326 e. The van der Waals surface area contributed by atoms with Gasteiger partial charge in [-0.1, -0.05) is 11.1 Å². The summed E-state index contributed by atoms with van der Waals surface area (Å²) in [6, 6.07) is 5.84. The van der Waals surface area contributed by atoms with Gasteiger partial charge in [0.2, 0.25) is 5.91 Å². The lowest BCUT2D eigenvalue weighted by Crippen LogP contribution is -2.36. The van der Waals surface area contributed by atoms with Crippen LogP contribution in [-0.4, -0.2) is 11.9 Å². The second kappa shape index (κ2) is 4.90. The molecule has 0 saturated carbocycles. The van der Waals surface area contributed by atoms with Crippen LogP contribution in [0.4, 0.5) is 10.1 Å². The maximum Gasteiger partial charge on any atom is 0.231 e. The third-order valence-corrected chi connectivity index (χ3v) is 3.53. The van der Waals surface area contributed by atoms with E-state index in [1.807, 2.05) is 13.8 Å². The molecule has 18 heavy (non-hydrogen) atoms. The van der Waals surface area contributed by atoms with Crippen LogP contribution in [0.3, 0.4) is 0 Å². The summed E-state index contributed by atoms with van der Waals surface area (Å²) < 4.78 is 12.7. The molecule has 1 amide bonds. The minimum atomic E-state index is -0.315. The van der Waals surface area contributed by atoms with E-state index < -0.39 is 0 Å². The molecule has 0 aromatic heterocycles. The van der Waals surface area contributed by atoms with E-state index >= 15 is 0 Å². The van der Waals surface area contributed by atoms with Gasteiger partial charge in [-0.2, -0.15) is 0 Å². The Bertz CT molecular complexity index is 493. The molecule has 1 unspecified atom stereocenters. The number of nitrogens with two attached hydrogens (primary N) is 1. The van der Waals surface area contributed by atoms with Crippen molar-refractivity contribution in [2.24, 2.45) is 11.7 Å². The van der Waals surface area contributed by atoms with Crippen LogP contribution in [0.15, 0.2) is 35.4 Å². The summed E-state index contributed by atoms with van der Waals surface area (Å²) in [5.74, 6) is -0.581. The highest BCUT2D eigenvalue weighted by Gasteiger charge is 2.29. The second-order valence-corrected chi connectivity index (χ2v) is 4.74. The van der Waals surface area contributed by atoms with Crippen molar-refractivity contribution >= 4 is 11.6 Å². The predicted octanol–water partition coefficient (Wildman–Crippen LogP) is 2.45. The molecule has 0 bridgehead atoms. The van der Waals surface area contributed by atoms with E-state index in [0.717, 1.165) is 17.6 Å². The zero-order valence-electron chi connectivity index (χ0n) is 10.5. The topological polar surface area (TPSA) is 55.1 Å². The van der Waals surface area contributed by atoms with Crippen molar-refractivity contribution in [3.8, 4) is 0 Å². The number of hydrogen-bond acceptors (Lipinski definition) is 2. The number of anilines is 1. The van der Waals surface area contributed by atoms with Gasteiger partial charge in [0.1, 0.15) is 5.82 Å². The van der Waals surface area contributed by atoms with Crippen molar-refractivity contribution in [3.05, 3.63) is 41.2 Å². The van der Waals surface area contributed by atoms with E-state index in [2.05, 4.69) is 5.32 Å². The number of benzene rings is 1. The molecule has 1 aromatic carbocycles. The average Bonchev–Trinajstić information content (AvgIpc) is 2.37. The SMILES string of the molecule is CC1=C([C@H](C)C(=O)Nc2ccc(F)cc2)CC1N. The lowest BCUT2D eigenvalue weighted by molar-refractivity contribution is -0.118. The third-order valence-electron chi connectivity index (χ3n) is 3.53. The minimum absolute atomic E-state index is 0.0807. The molecule has 1 aliphatic rings. The maximum absolute atomic E-state index is 12.7. The Morgan fingerprint density at radius 2 is 2.06 bits per heavy atom. The zero-order chi connectivity index (χ0) is 13.3. The molecular formula is C14H17FN2O. The van der Waals surface area contributed by atoms with Crippen LogP contribution in [0.2, 0.25) is 0 Å². The first-order valence-corrected chi connectivity index (χ1v) is 6.00. The molecule has 3 N–H and O–H groups in total. The van der Waals surface area contributed by atoms with Gasteiger partial charge in [0.15, 0.2) is 0 Å². The molecule has 2 rings (SSSR count). The Balaban J connectivity index is 2.02. The van der Waals surface area contributed by atoms with Gasteiger partial charge in [0.25, 0.3) is 0 Å².